The van der Waals surface area contributed by atoms with E-state index in [0.717, 1.165) is 15.6 Å². The normalized spacial score (nSPS) is 10.7. The molecule has 0 radical (unpaired) electrons. The van der Waals surface area contributed by atoms with Gasteiger partial charge in [-0.3, -0.25) is 4.79 Å². The maximum Gasteiger partial charge on any atom is 0.339 e. The second kappa shape index (κ2) is 7.66. The Bertz CT molecular complexity index is 766. The van der Waals surface area contributed by atoms with Gasteiger partial charge in [-0.2, -0.15) is 0 Å². The summed E-state index contributed by atoms with van der Waals surface area (Å²) in [6, 6.07) is 7.52. The molecule has 6 heteroatoms. The van der Waals surface area contributed by atoms with Gasteiger partial charge in [-0.15, -0.1) is 0 Å². The highest BCUT2D eigenvalue weighted by Gasteiger charge is 2.17. The molecule has 128 valence electrons. The van der Waals surface area contributed by atoms with Crippen LogP contribution in [0.25, 0.3) is 0 Å². The Kier molecular flexibility index (Phi) is 5.83. The van der Waals surface area contributed by atoms with Crippen LogP contribution in [0.2, 0.25) is 0 Å². The average molecular weight is 394 g/mol. The maximum atomic E-state index is 12.3. The van der Waals surface area contributed by atoms with Gasteiger partial charge >= 0.3 is 5.97 Å². The van der Waals surface area contributed by atoms with Gasteiger partial charge in [0.2, 0.25) is 5.91 Å². The van der Waals surface area contributed by atoms with E-state index in [1.165, 1.54) is 6.07 Å². The van der Waals surface area contributed by atoms with Crippen molar-refractivity contribution in [2.24, 2.45) is 0 Å². The molecule has 0 bridgehead atoms. The molecule has 1 N–H and O–H groups in total. The van der Waals surface area contributed by atoms with E-state index in [-0.39, 0.29) is 18.0 Å². The highest BCUT2D eigenvalue weighted by molar-refractivity contribution is 9.10. The third kappa shape index (κ3) is 4.47. The van der Waals surface area contributed by atoms with Crippen molar-refractivity contribution in [3.05, 3.63) is 56.9 Å². The highest BCUT2D eigenvalue weighted by atomic mass is 79.9. The van der Waals surface area contributed by atoms with Gasteiger partial charge in [0, 0.05) is 17.9 Å². The fourth-order valence-electron chi connectivity index (χ4n) is 2.46. The molecular weight excluding hydrogens is 374 g/mol. The van der Waals surface area contributed by atoms with E-state index in [1.807, 2.05) is 19.1 Å². The SMILES string of the molecule is Cc1cc(CCC(=O)N(C)Cc2cc(C(=O)O)c(C)o2)ccc1Br. The predicted molar refractivity (Wildman–Crippen MR) is 94.1 cm³/mol. The van der Waals surface area contributed by atoms with Gasteiger partial charge in [-0.25, -0.2) is 4.79 Å². The van der Waals surface area contributed by atoms with E-state index < -0.39 is 5.97 Å². The first-order valence-corrected chi connectivity index (χ1v) is 8.39. The van der Waals surface area contributed by atoms with Crippen molar-refractivity contribution < 1.29 is 19.1 Å². The van der Waals surface area contributed by atoms with Crippen molar-refractivity contribution >= 4 is 27.8 Å². The fraction of sp³-hybridized carbons (Fsp3) is 0.333. The molecule has 0 unspecified atom stereocenters. The second-order valence-electron chi connectivity index (χ2n) is 5.82. The Labute approximate surface area is 149 Å². The summed E-state index contributed by atoms with van der Waals surface area (Å²) in [7, 11) is 1.69. The molecule has 24 heavy (non-hydrogen) atoms. The van der Waals surface area contributed by atoms with Crippen LogP contribution in [0.3, 0.4) is 0 Å². The van der Waals surface area contributed by atoms with Gasteiger partial charge in [0.1, 0.15) is 17.1 Å². The van der Waals surface area contributed by atoms with Crippen LogP contribution in [0.1, 0.15) is 39.4 Å². The van der Waals surface area contributed by atoms with Crippen LogP contribution in [0.5, 0.6) is 0 Å². The standard InChI is InChI=1S/C18H20BrNO4/c1-11-8-13(4-6-16(11)19)5-7-17(21)20(3)10-14-9-15(18(22)23)12(2)24-14/h4,6,8-9H,5,7,10H2,1-3H3,(H,22,23). The van der Waals surface area contributed by atoms with Crippen molar-refractivity contribution in [1.82, 2.24) is 4.90 Å². The van der Waals surface area contributed by atoms with Crippen LogP contribution in [-0.4, -0.2) is 28.9 Å². The van der Waals surface area contributed by atoms with Crippen LogP contribution in [0.4, 0.5) is 0 Å². The predicted octanol–water partition coefficient (Wildman–Crippen LogP) is 3.95. The van der Waals surface area contributed by atoms with E-state index in [0.29, 0.717) is 24.4 Å². The second-order valence-corrected chi connectivity index (χ2v) is 6.68. The van der Waals surface area contributed by atoms with Gasteiger partial charge in [0.05, 0.1) is 6.54 Å². The number of carboxylic acid groups (broad SMARTS) is 1. The Morgan fingerprint density at radius 3 is 2.54 bits per heavy atom. The number of hydrogen-bond donors (Lipinski definition) is 1. The number of nitrogens with zero attached hydrogens (tertiary/aromatic N) is 1. The van der Waals surface area contributed by atoms with E-state index in [2.05, 4.69) is 22.0 Å². The number of benzene rings is 1. The summed E-state index contributed by atoms with van der Waals surface area (Å²) < 4.78 is 6.46. The first-order chi connectivity index (χ1) is 11.3. The minimum atomic E-state index is -1.03. The molecule has 0 aliphatic carbocycles. The largest absolute Gasteiger partial charge is 0.478 e. The van der Waals surface area contributed by atoms with Crippen LogP contribution in [0, 0.1) is 13.8 Å². The van der Waals surface area contributed by atoms with Gasteiger partial charge in [0.25, 0.3) is 0 Å². The lowest BCUT2D eigenvalue weighted by Crippen LogP contribution is -2.26. The molecule has 0 fully saturated rings. The van der Waals surface area contributed by atoms with Gasteiger partial charge in [-0.1, -0.05) is 28.1 Å². The van der Waals surface area contributed by atoms with Crippen molar-refractivity contribution in [3.8, 4) is 0 Å². The first kappa shape index (κ1) is 18.3. The summed E-state index contributed by atoms with van der Waals surface area (Å²) >= 11 is 3.46. The number of carbonyl (C=O) groups excluding carboxylic acids is 1. The van der Waals surface area contributed by atoms with Gasteiger partial charge < -0.3 is 14.4 Å². The fourth-order valence-corrected chi connectivity index (χ4v) is 2.71. The summed E-state index contributed by atoms with van der Waals surface area (Å²) in [5.41, 5.74) is 2.39. The van der Waals surface area contributed by atoms with Crippen molar-refractivity contribution in [3.63, 3.8) is 0 Å². The first-order valence-electron chi connectivity index (χ1n) is 7.59. The number of furan rings is 1. The molecule has 2 aromatic rings. The molecule has 2 rings (SSSR count). The number of carbonyl (C=O) groups is 2. The zero-order valence-electron chi connectivity index (χ0n) is 13.9. The van der Waals surface area contributed by atoms with E-state index in [9.17, 15) is 9.59 Å². The van der Waals surface area contributed by atoms with Crippen LogP contribution in [0.15, 0.2) is 33.2 Å². The molecule has 1 amide bonds. The number of amides is 1. The number of carboxylic acids is 1. The summed E-state index contributed by atoms with van der Waals surface area (Å²) in [5, 5.41) is 9.03. The molecule has 0 aliphatic heterocycles. The van der Waals surface area contributed by atoms with E-state index >= 15 is 0 Å². The number of aromatic carboxylic acids is 1. The highest BCUT2D eigenvalue weighted by Crippen LogP contribution is 2.19. The van der Waals surface area contributed by atoms with Gasteiger partial charge in [0.15, 0.2) is 0 Å². The maximum absolute atomic E-state index is 12.3. The molecule has 5 nitrogen and oxygen atoms in total. The Balaban J connectivity index is 1.93. The molecule has 0 saturated carbocycles. The lowest BCUT2D eigenvalue weighted by Gasteiger charge is -2.15. The average Bonchev–Trinajstić information content (AvgIpc) is 2.88. The lowest BCUT2D eigenvalue weighted by molar-refractivity contribution is -0.130. The third-order valence-electron chi connectivity index (χ3n) is 3.87. The van der Waals surface area contributed by atoms with E-state index in [1.54, 1.807) is 18.9 Å². The van der Waals surface area contributed by atoms with Crippen molar-refractivity contribution in [2.75, 3.05) is 7.05 Å². The van der Waals surface area contributed by atoms with E-state index in [4.69, 9.17) is 9.52 Å². The molecule has 0 atom stereocenters. The zero-order chi connectivity index (χ0) is 17.9. The Morgan fingerprint density at radius 2 is 1.96 bits per heavy atom. The number of halogens is 1. The summed E-state index contributed by atoms with van der Waals surface area (Å²) in [6.45, 7) is 3.87. The van der Waals surface area contributed by atoms with Gasteiger partial charge in [-0.05, 0) is 43.5 Å². The molecule has 1 heterocycles. The number of rotatable bonds is 6. The summed E-state index contributed by atoms with van der Waals surface area (Å²) in [5.74, 6) is -0.215. The molecule has 0 aliphatic rings. The number of hydrogen-bond acceptors (Lipinski definition) is 3. The number of aryl methyl sites for hydroxylation is 3. The minimum absolute atomic E-state index is 0.0125. The minimum Gasteiger partial charge on any atom is -0.478 e. The summed E-state index contributed by atoms with van der Waals surface area (Å²) in [6.07, 6.45) is 1.05. The van der Waals surface area contributed by atoms with Crippen LogP contribution < -0.4 is 0 Å². The monoisotopic (exact) mass is 393 g/mol. The molecule has 1 aromatic heterocycles. The molecule has 0 saturated heterocycles. The zero-order valence-corrected chi connectivity index (χ0v) is 15.5. The smallest absolute Gasteiger partial charge is 0.339 e. The molecule has 0 spiro atoms. The Hall–Kier alpha value is -2.08. The molecular formula is C18H20BrNO4. The molecule has 1 aromatic carbocycles. The van der Waals surface area contributed by atoms with Crippen molar-refractivity contribution in [1.29, 1.82) is 0 Å². The summed E-state index contributed by atoms with van der Waals surface area (Å²) in [4.78, 5) is 24.8. The third-order valence-corrected chi connectivity index (χ3v) is 4.76. The topological polar surface area (TPSA) is 70.8 Å². The van der Waals surface area contributed by atoms with Crippen molar-refractivity contribution in [2.45, 2.75) is 33.2 Å². The van der Waals surface area contributed by atoms with Crippen LogP contribution in [-0.2, 0) is 17.8 Å². The Morgan fingerprint density at radius 1 is 1.25 bits per heavy atom. The van der Waals surface area contributed by atoms with Crippen LogP contribution >= 0.6 is 15.9 Å². The quantitative estimate of drug-likeness (QED) is 0.806. The lowest BCUT2D eigenvalue weighted by atomic mass is 10.1.